The lowest BCUT2D eigenvalue weighted by molar-refractivity contribution is -0.156. The summed E-state index contributed by atoms with van der Waals surface area (Å²) in [6, 6.07) is 0. The second-order valence-corrected chi connectivity index (χ2v) is 12.1. The van der Waals surface area contributed by atoms with E-state index in [2.05, 4.69) is 26.0 Å². The number of hydrogen-bond acceptors (Lipinski definition) is 7. The van der Waals surface area contributed by atoms with Gasteiger partial charge in [-0.3, -0.25) is 14.4 Å². The highest BCUT2D eigenvalue weighted by Crippen LogP contribution is 2.27. The molecular weight excluding hydrogens is 460 g/mol. The van der Waals surface area contributed by atoms with Gasteiger partial charge in [0, 0.05) is 10.8 Å². The first-order valence-corrected chi connectivity index (χ1v) is 13.2. The molecule has 0 N–H and O–H groups in total. The Balaban J connectivity index is 1.57. The van der Waals surface area contributed by atoms with Crippen LogP contribution < -0.4 is 0 Å². The van der Waals surface area contributed by atoms with Crippen molar-refractivity contribution in [1.29, 1.82) is 0 Å². The van der Waals surface area contributed by atoms with E-state index >= 15 is 0 Å². The minimum Gasteiger partial charge on any atom is -0.465 e. The maximum absolute atomic E-state index is 12.3. The summed E-state index contributed by atoms with van der Waals surface area (Å²) < 4.78 is 22.1. The average molecular weight is 507 g/mol. The highest BCUT2D eigenvalue weighted by molar-refractivity contribution is 5.73. The smallest absolute Gasteiger partial charge is 0.309 e. The molecule has 7 heteroatoms. The second-order valence-electron chi connectivity index (χ2n) is 12.1. The van der Waals surface area contributed by atoms with Crippen LogP contribution in [0.15, 0.2) is 23.3 Å². The first-order chi connectivity index (χ1) is 16.9. The predicted molar refractivity (Wildman–Crippen MR) is 138 cm³/mol. The molecule has 0 heterocycles. The molecule has 36 heavy (non-hydrogen) atoms. The third-order valence-electron chi connectivity index (χ3n) is 6.72. The Morgan fingerprint density at radius 2 is 1.19 bits per heavy atom. The highest BCUT2D eigenvalue weighted by Gasteiger charge is 2.28. The molecule has 2 unspecified atom stereocenters. The number of rotatable bonds is 13. The SMILES string of the molecule is CC1=CCC(C(=O)OCC(C)(C)COCCC(=O)OCC(C)(C)COC(=O)C2CC=C(C)CC2)CC1. The Kier molecular flexibility index (Phi) is 11.7. The third-order valence-corrected chi connectivity index (χ3v) is 6.72. The molecule has 2 rings (SSSR count). The monoisotopic (exact) mass is 506 g/mol. The summed E-state index contributed by atoms with van der Waals surface area (Å²) >= 11 is 0. The van der Waals surface area contributed by atoms with Crippen LogP contribution >= 0.6 is 0 Å². The molecule has 2 aliphatic rings. The van der Waals surface area contributed by atoms with Gasteiger partial charge in [-0.1, -0.05) is 51.0 Å². The zero-order chi connectivity index (χ0) is 26.8. The summed E-state index contributed by atoms with van der Waals surface area (Å²) in [4.78, 5) is 36.8. The van der Waals surface area contributed by atoms with Crippen molar-refractivity contribution in [2.75, 3.05) is 33.0 Å². The molecule has 204 valence electrons. The molecule has 0 amide bonds. The predicted octanol–water partition coefficient (Wildman–Crippen LogP) is 5.57. The maximum Gasteiger partial charge on any atom is 0.309 e. The van der Waals surface area contributed by atoms with Gasteiger partial charge in [0.25, 0.3) is 0 Å². The second kappa shape index (κ2) is 14.0. The Morgan fingerprint density at radius 3 is 1.64 bits per heavy atom. The van der Waals surface area contributed by atoms with Crippen molar-refractivity contribution in [3.05, 3.63) is 23.3 Å². The van der Waals surface area contributed by atoms with E-state index in [1.54, 1.807) is 0 Å². The van der Waals surface area contributed by atoms with Crippen molar-refractivity contribution in [3.63, 3.8) is 0 Å². The molecule has 0 aromatic heterocycles. The molecule has 0 radical (unpaired) electrons. The van der Waals surface area contributed by atoms with E-state index < -0.39 is 5.41 Å². The van der Waals surface area contributed by atoms with Crippen LogP contribution in [0.25, 0.3) is 0 Å². The van der Waals surface area contributed by atoms with Crippen LogP contribution in [0, 0.1) is 22.7 Å². The first-order valence-electron chi connectivity index (χ1n) is 13.2. The lowest BCUT2D eigenvalue weighted by atomic mass is 9.90. The number of carbonyl (C=O) groups is 3. The van der Waals surface area contributed by atoms with E-state index in [-0.39, 0.29) is 68.0 Å². The molecule has 0 aromatic carbocycles. The van der Waals surface area contributed by atoms with Crippen molar-refractivity contribution in [2.45, 2.75) is 86.5 Å². The van der Waals surface area contributed by atoms with Crippen LogP contribution in [0.5, 0.6) is 0 Å². The van der Waals surface area contributed by atoms with Gasteiger partial charge in [0.05, 0.1) is 51.3 Å². The number of carbonyl (C=O) groups excluding carboxylic acids is 3. The van der Waals surface area contributed by atoms with Crippen LogP contribution in [-0.4, -0.2) is 50.9 Å². The van der Waals surface area contributed by atoms with Crippen LogP contribution in [0.2, 0.25) is 0 Å². The average Bonchev–Trinajstić information content (AvgIpc) is 2.83. The zero-order valence-electron chi connectivity index (χ0n) is 23.2. The Labute approximate surface area is 217 Å². The maximum atomic E-state index is 12.3. The fraction of sp³-hybridized carbons (Fsp3) is 0.759. The minimum atomic E-state index is -0.467. The van der Waals surface area contributed by atoms with Crippen LogP contribution in [-0.2, 0) is 33.3 Å². The molecule has 0 aromatic rings. The Hall–Kier alpha value is -2.15. The number of hydrogen-bond donors (Lipinski definition) is 0. The first kappa shape index (κ1) is 30.1. The van der Waals surface area contributed by atoms with E-state index in [4.69, 9.17) is 18.9 Å². The zero-order valence-corrected chi connectivity index (χ0v) is 23.2. The molecule has 0 bridgehead atoms. The van der Waals surface area contributed by atoms with Crippen molar-refractivity contribution in [1.82, 2.24) is 0 Å². The molecule has 0 saturated carbocycles. The summed E-state index contributed by atoms with van der Waals surface area (Å²) in [5.74, 6) is -0.806. The van der Waals surface area contributed by atoms with Gasteiger partial charge in [-0.15, -0.1) is 0 Å². The number of ether oxygens (including phenoxy) is 4. The lowest BCUT2D eigenvalue weighted by Gasteiger charge is -2.26. The van der Waals surface area contributed by atoms with Crippen molar-refractivity contribution in [2.24, 2.45) is 22.7 Å². The van der Waals surface area contributed by atoms with E-state index in [9.17, 15) is 14.4 Å². The van der Waals surface area contributed by atoms with Gasteiger partial charge in [-0.2, -0.15) is 0 Å². The molecule has 0 saturated heterocycles. The summed E-state index contributed by atoms with van der Waals surface area (Å²) in [7, 11) is 0. The molecule has 7 nitrogen and oxygen atoms in total. The van der Waals surface area contributed by atoms with E-state index in [1.807, 2.05) is 27.7 Å². The number of allylic oxidation sites excluding steroid dienone is 4. The van der Waals surface area contributed by atoms with Crippen molar-refractivity contribution in [3.8, 4) is 0 Å². The summed E-state index contributed by atoms with van der Waals surface area (Å²) in [5.41, 5.74) is 1.84. The van der Waals surface area contributed by atoms with Gasteiger partial charge in [0.2, 0.25) is 0 Å². The molecular formula is C29H46O7. The topological polar surface area (TPSA) is 88.1 Å². The number of esters is 3. The van der Waals surface area contributed by atoms with Crippen LogP contribution in [0.1, 0.15) is 86.5 Å². The highest BCUT2D eigenvalue weighted by atomic mass is 16.6. The van der Waals surface area contributed by atoms with Crippen molar-refractivity contribution >= 4 is 17.9 Å². The fourth-order valence-electron chi connectivity index (χ4n) is 4.06. The minimum absolute atomic E-state index is 0.0540. The van der Waals surface area contributed by atoms with Gasteiger partial charge in [-0.25, -0.2) is 0 Å². The summed E-state index contributed by atoms with van der Waals surface area (Å²) in [6.07, 6.45) is 9.39. The van der Waals surface area contributed by atoms with Gasteiger partial charge in [-0.05, 0) is 52.4 Å². The van der Waals surface area contributed by atoms with E-state index in [0.717, 1.165) is 38.5 Å². The standard InChI is InChI=1S/C29H46O7/c1-21-7-11-23(12-8-21)26(31)35-19-28(3,4)17-33-16-15-25(30)34-18-29(5,6)20-36-27(32)24-13-9-22(2)10-14-24/h7,9,23-24H,8,10-20H2,1-6H3. The third kappa shape index (κ3) is 11.3. The van der Waals surface area contributed by atoms with E-state index in [1.165, 1.54) is 11.1 Å². The van der Waals surface area contributed by atoms with Gasteiger partial charge >= 0.3 is 17.9 Å². The molecule has 0 fully saturated rings. The quantitative estimate of drug-likeness (QED) is 0.140. The summed E-state index contributed by atoms with van der Waals surface area (Å²) in [6.45, 7) is 13.2. The molecule has 0 aliphatic heterocycles. The lowest BCUT2D eigenvalue weighted by Crippen LogP contribution is -2.31. The van der Waals surface area contributed by atoms with E-state index in [0.29, 0.717) is 6.61 Å². The van der Waals surface area contributed by atoms with Crippen molar-refractivity contribution < 1.29 is 33.3 Å². The van der Waals surface area contributed by atoms with Crippen LogP contribution in [0.4, 0.5) is 0 Å². The van der Waals surface area contributed by atoms with Crippen LogP contribution in [0.3, 0.4) is 0 Å². The van der Waals surface area contributed by atoms with Gasteiger partial charge in [0.1, 0.15) is 0 Å². The molecule has 2 atom stereocenters. The Bertz CT molecular complexity index is 821. The largest absolute Gasteiger partial charge is 0.465 e. The normalized spacial score (nSPS) is 20.7. The van der Waals surface area contributed by atoms with Gasteiger partial charge in [0.15, 0.2) is 0 Å². The fourth-order valence-corrected chi connectivity index (χ4v) is 4.06. The Morgan fingerprint density at radius 1 is 0.750 bits per heavy atom. The molecule has 2 aliphatic carbocycles. The molecule has 0 spiro atoms. The summed E-state index contributed by atoms with van der Waals surface area (Å²) in [5, 5.41) is 0. The van der Waals surface area contributed by atoms with Gasteiger partial charge < -0.3 is 18.9 Å².